The van der Waals surface area contributed by atoms with Gasteiger partial charge in [-0.2, -0.15) is 0 Å². The van der Waals surface area contributed by atoms with Gasteiger partial charge in [0, 0.05) is 12.3 Å². The number of allylic oxidation sites excluding steroid dienone is 2. The number of hydrogen-bond donors (Lipinski definition) is 0. The molecule has 0 nitrogen and oxygen atoms in total. The molecule has 0 aromatic rings. The lowest BCUT2D eigenvalue weighted by Crippen LogP contribution is -2.25. The zero-order chi connectivity index (χ0) is 14.9. The molecule has 0 atom stereocenters. The molecule has 0 heteroatoms. The van der Waals surface area contributed by atoms with Crippen molar-refractivity contribution in [3.63, 3.8) is 0 Å². The van der Waals surface area contributed by atoms with Crippen molar-refractivity contribution in [2.45, 2.75) is 84.5 Å². The van der Waals surface area contributed by atoms with E-state index in [1.807, 2.05) is 0 Å². The number of rotatable bonds is 4. The van der Waals surface area contributed by atoms with Gasteiger partial charge in [-0.25, -0.2) is 0 Å². The SMILES string of the molecule is CCC#CC1CCC(C2CCC(/C=C/CCC)CC2)CC1. The maximum atomic E-state index is 3.47. The third kappa shape index (κ3) is 5.54. The summed E-state index contributed by atoms with van der Waals surface area (Å²) in [7, 11) is 0. The van der Waals surface area contributed by atoms with Crippen molar-refractivity contribution in [2.75, 3.05) is 0 Å². The fourth-order valence-corrected chi connectivity index (χ4v) is 4.25. The third-order valence-electron chi connectivity index (χ3n) is 5.60. The van der Waals surface area contributed by atoms with Crippen LogP contribution in [0.25, 0.3) is 0 Å². The average molecular weight is 287 g/mol. The zero-order valence-corrected chi connectivity index (χ0v) is 14.2. The van der Waals surface area contributed by atoms with Crippen molar-refractivity contribution < 1.29 is 0 Å². The molecule has 2 aliphatic carbocycles. The highest BCUT2D eigenvalue weighted by atomic mass is 14.3. The molecule has 21 heavy (non-hydrogen) atoms. The Balaban J connectivity index is 1.69. The van der Waals surface area contributed by atoms with Crippen molar-refractivity contribution >= 4 is 0 Å². The summed E-state index contributed by atoms with van der Waals surface area (Å²) in [5, 5.41) is 0. The first kappa shape index (κ1) is 16.7. The summed E-state index contributed by atoms with van der Waals surface area (Å²) in [5.74, 6) is 10.4. The molecule has 0 spiro atoms. The van der Waals surface area contributed by atoms with Crippen LogP contribution in [0.5, 0.6) is 0 Å². The molecule has 2 fully saturated rings. The Morgan fingerprint density at radius 1 is 0.857 bits per heavy atom. The van der Waals surface area contributed by atoms with Crippen LogP contribution in [0.3, 0.4) is 0 Å². The zero-order valence-electron chi connectivity index (χ0n) is 14.2. The van der Waals surface area contributed by atoms with Crippen molar-refractivity contribution in [3.05, 3.63) is 12.2 Å². The quantitative estimate of drug-likeness (QED) is 0.416. The predicted octanol–water partition coefficient (Wildman–Crippen LogP) is 6.37. The summed E-state index contributed by atoms with van der Waals surface area (Å²) in [5.41, 5.74) is 0. The van der Waals surface area contributed by atoms with Gasteiger partial charge in [-0.1, -0.05) is 38.3 Å². The highest BCUT2D eigenvalue weighted by Crippen LogP contribution is 2.41. The normalized spacial score (nSPS) is 33.6. The fraction of sp³-hybridized carbons (Fsp3) is 0.810. The van der Waals surface area contributed by atoms with E-state index < -0.39 is 0 Å². The van der Waals surface area contributed by atoms with E-state index in [0.717, 1.165) is 30.1 Å². The van der Waals surface area contributed by atoms with E-state index >= 15 is 0 Å². The molecular formula is C21H34. The Hall–Kier alpha value is -0.700. The summed E-state index contributed by atoms with van der Waals surface area (Å²) in [6, 6.07) is 0. The van der Waals surface area contributed by atoms with E-state index in [9.17, 15) is 0 Å². The van der Waals surface area contributed by atoms with Crippen LogP contribution in [0, 0.1) is 35.5 Å². The molecule has 0 aromatic heterocycles. The summed E-state index contributed by atoms with van der Waals surface area (Å²) in [4.78, 5) is 0. The van der Waals surface area contributed by atoms with E-state index in [-0.39, 0.29) is 0 Å². The summed E-state index contributed by atoms with van der Waals surface area (Å²) < 4.78 is 0. The maximum Gasteiger partial charge on any atom is 0.0203 e. The Kier molecular flexibility index (Phi) is 7.42. The smallest absolute Gasteiger partial charge is 0.0203 e. The molecule has 2 aliphatic rings. The highest BCUT2D eigenvalue weighted by Gasteiger charge is 2.29. The van der Waals surface area contributed by atoms with Crippen molar-refractivity contribution in [1.82, 2.24) is 0 Å². The van der Waals surface area contributed by atoms with Crippen molar-refractivity contribution in [3.8, 4) is 11.8 Å². The van der Waals surface area contributed by atoms with Gasteiger partial charge in [0.15, 0.2) is 0 Å². The molecular weight excluding hydrogens is 252 g/mol. The van der Waals surface area contributed by atoms with Gasteiger partial charge in [-0.05, 0) is 75.5 Å². The minimum absolute atomic E-state index is 0.717. The van der Waals surface area contributed by atoms with Gasteiger partial charge in [0.05, 0.1) is 0 Å². The predicted molar refractivity (Wildman–Crippen MR) is 93.0 cm³/mol. The molecule has 0 saturated heterocycles. The van der Waals surface area contributed by atoms with Crippen molar-refractivity contribution in [2.24, 2.45) is 23.7 Å². The Bertz CT molecular complexity index is 351. The van der Waals surface area contributed by atoms with Gasteiger partial charge in [0.1, 0.15) is 0 Å². The first-order valence-electron chi connectivity index (χ1n) is 9.48. The summed E-state index contributed by atoms with van der Waals surface area (Å²) >= 11 is 0. The molecule has 0 aromatic carbocycles. The second-order valence-electron chi connectivity index (χ2n) is 7.18. The molecule has 118 valence electrons. The van der Waals surface area contributed by atoms with E-state index in [1.165, 1.54) is 64.2 Å². The molecule has 0 heterocycles. The standard InChI is InChI=1S/C21H34/c1-3-5-7-9-19-12-16-21(17-13-19)20-14-10-18(11-15-20)8-6-4-2/h7,9,18-21H,3-5,10-17H2,1-2H3/b9-7+. The first-order valence-corrected chi connectivity index (χ1v) is 9.48. The van der Waals surface area contributed by atoms with Gasteiger partial charge >= 0.3 is 0 Å². The average Bonchev–Trinajstić information content (AvgIpc) is 2.54. The fourth-order valence-electron chi connectivity index (χ4n) is 4.25. The largest absolute Gasteiger partial charge is 0.103 e. The van der Waals surface area contributed by atoms with Crippen LogP contribution in [0.1, 0.15) is 84.5 Å². The van der Waals surface area contributed by atoms with Crippen LogP contribution in [-0.4, -0.2) is 0 Å². The lowest BCUT2D eigenvalue weighted by Gasteiger charge is -2.36. The molecule has 0 N–H and O–H groups in total. The Morgan fingerprint density at radius 2 is 1.48 bits per heavy atom. The molecule has 2 saturated carbocycles. The Morgan fingerprint density at radius 3 is 2.05 bits per heavy atom. The summed E-state index contributed by atoms with van der Waals surface area (Å²) in [6.45, 7) is 4.43. The molecule has 2 rings (SSSR count). The first-order chi connectivity index (χ1) is 10.3. The van der Waals surface area contributed by atoms with Gasteiger partial charge in [0.2, 0.25) is 0 Å². The highest BCUT2D eigenvalue weighted by molar-refractivity contribution is 5.04. The van der Waals surface area contributed by atoms with Gasteiger partial charge in [-0.3, -0.25) is 0 Å². The monoisotopic (exact) mass is 286 g/mol. The lowest BCUT2D eigenvalue weighted by atomic mass is 9.69. The minimum Gasteiger partial charge on any atom is -0.103 e. The van der Waals surface area contributed by atoms with Crippen LogP contribution in [0.15, 0.2) is 12.2 Å². The van der Waals surface area contributed by atoms with Crippen molar-refractivity contribution in [1.29, 1.82) is 0 Å². The minimum atomic E-state index is 0.717. The van der Waals surface area contributed by atoms with E-state index in [0.29, 0.717) is 0 Å². The van der Waals surface area contributed by atoms with Crippen LogP contribution in [0.4, 0.5) is 0 Å². The maximum absolute atomic E-state index is 3.47. The Labute approximate surface area is 132 Å². The molecule has 0 aliphatic heterocycles. The second kappa shape index (κ2) is 9.34. The molecule has 0 amide bonds. The van der Waals surface area contributed by atoms with Gasteiger partial charge < -0.3 is 0 Å². The molecule has 0 radical (unpaired) electrons. The third-order valence-corrected chi connectivity index (χ3v) is 5.60. The lowest BCUT2D eigenvalue weighted by molar-refractivity contribution is 0.168. The van der Waals surface area contributed by atoms with Crippen LogP contribution in [0.2, 0.25) is 0 Å². The number of hydrogen-bond acceptors (Lipinski definition) is 0. The molecule has 0 unspecified atom stereocenters. The molecule has 0 bridgehead atoms. The number of unbranched alkanes of at least 4 members (excludes halogenated alkanes) is 1. The second-order valence-corrected chi connectivity index (χ2v) is 7.18. The van der Waals surface area contributed by atoms with Gasteiger partial charge in [-0.15, -0.1) is 5.92 Å². The summed E-state index contributed by atoms with van der Waals surface area (Å²) in [6.07, 6.45) is 20.0. The topological polar surface area (TPSA) is 0 Å². The van der Waals surface area contributed by atoms with E-state index in [1.54, 1.807) is 0 Å². The van der Waals surface area contributed by atoms with Crippen LogP contribution < -0.4 is 0 Å². The van der Waals surface area contributed by atoms with E-state index in [4.69, 9.17) is 0 Å². The van der Waals surface area contributed by atoms with Crippen LogP contribution >= 0.6 is 0 Å². The van der Waals surface area contributed by atoms with E-state index in [2.05, 4.69) is 37.8 Å². The van der Waals surface area contributed by atoms with Gasteiger partial charge in [0.25, 0.3) is 0 Å². The van der Waals surface area contributed by atoms with Crippen LogP contribution in [-0.2, 0) is 0 Å².